The van der Waals surface area contributed by atoms with Gasteiger partial charge in [0, 0.05) is 12.6 Å². The Bertz CT molecular complexity index is 637. The van der Waals surface area contributed by atoms with E-state index in [0.29, 0.717) is 31.7 Å². The van der Waals surface area contributed by atoms with Gasteiger partial charge in [-0.1, -0.05) is 6.92 Å². The number of rotatable bonds is 3. The standard InChI is InChI=1S/C13H17N3O3S/c1-2-11-9-19-6-5-16(11)20(17,18)13-4-3-10(8-14)7-12(13)15/h3-4,7,11H,2,5-6,9,15H2,1H3. The van der Waals surface area contributed by atoms with Crippen molar-refractivity contribution in [3.8, 4) is 6.07 Å². The summed E-state index contributed by atoms with van der Waals surface area (Å²) in [4.78, 5) is 0.0526. The summed E-state index contributed by atoms with van der Waals surface area (Å²) in [7, 11) is -3.66. The van der Waals surface area contributed by atoms with Crippen molar-refractivity contribution in [2.75, 3.05) is 25.5 Å². The van der Waals surface area contributed by atoms with Gasteiger partial charge in [0.1, 0.15) is 4.90 Å². The molecule has 2 rings (SSSR count). The SMILES string of the molecule is CCC1COCCN1S(=O)(=O)c1ccc(C#N)cc1N. The number of nitrogen functional groups attached to an aromatic ring is 1. The second-order valence-corrected chi connectivity index (χ2v) is 6.48. The van der Waals surface area contributed by atoms with Gasteiger partial charge in [-0.15, -0.1) is 0 Å². The lowest BCUT2D eigenvalue weighted by Gasteiger charge is -2.34. The number of morpholine rings is 1. The molecule has 1 heterocycles. The largest absolute Gasteiger partial charge is 0.398 e. The lowest BCUT2D eigenvalue weighted by atomic mass is 10.2. The Labute approximate surface area is 118 Å². The lowest BCUT2D eigenvalue weighted by Crippen LogP contribution is -2.48. The van der Waals surface area contributed by atoms with E-state index in [0.717, 1.165) is 0 Å². The minimum absolute atomic E-state index is 0.0526. The van der Waals surface area contributed by atoms with Gasteiger partial charge in [-0.3, -0.25) is 0 Å². The summed E-state index contributed by atoms with van der Waals surface area (Å²) < 4.78 is 32.1. The van der Waals surface area contributed by atoms with Crippen LogP contribution in [0.2, 0.25) is 0 Å². The molecule has 7 heteroatoms. The Morgan fingerprint density at radius 1 is 1.55 bits per heavy atom. The third-order valence-corrected chi connectivity index (χ3v) is 5.40. The van der Waals surface area contributed by atoms with Crippen molar-refractivity contribution in [3.63, 3.8) is 0 Å². The molecule has 6 nitrogen and oxygen atoms in total. The molecule has 0 aliphatic carbocycles. The minimum atomic E-state index is -3.66. The van der Waals surface area contributed by atoms with Gasteiger partial charge in [0.05, 0.1) is 30.5 Å². The summed E-state index contributed by atoms with van der Waals surface area (Å²) in [6.07, 6.45) is 0.676. The van der Waals surface area contributed by atoms with E-state index < -0.39 is 10.0 Å². The van der Waals surface area contributed by atoms with Crippen LogP contribution in [0, 0.1) is 11.3 Å². The Morgan fingerprint density at radius 2 is 2.30 bits per heavy atom. The molecular weight excluding hydrogens is 278 g/mol. The van der Waals surface area contributed by atoms with E-state index in [4.69, 9.17) is 15.7 Å². The van der Waals surface area contributed by atoms with Crippen LogP contribution in [0.1, 0.15) is 18.9 Å². The summed E-state index contributed by atoms with van der Waals surface area (Å²) in [6, 6.07) is 6.00. The van der Waals surface area contributed by atoms with Crippen molar-refractivity contribution < 1.29 is 13.2 Å². The molecule has 0 radical (unpaired) electrons. The predicted molar refractivity (Wildman–Crippen MR) is 74.4 cm³/mol. The Hall–Kier alpha value is -1.62. The average Bonchev–Trinajstić information content (AvgIpc) is 2.46. The van der Waals surface area contributed by atoms with Gasteiger partial charge in [-0.25, -0.2) is 8.42 Å². The van der Waals surface area contributed by atoms with Crippen molar-refractivity contribution >= 4 is 15.7 Å². The maximum Gasteiger partial charge on any atom is 0.245 e. The van der Waals surface area contributed by atoms with Gasteiger partial charge in [-0.2, -0.15) is 9.57 Å². The first-order valence-electron chi connectivity index (χ1n) is 6.40. The van der Waals surface area contributed by atoms with Crippen molar-refractivity contribution in [1.82, 2.24) is 4.31 Å². The van der Waals surface area contributed by atoms with Crippen molar-refractivity contribution in [2.45, 2.75) is 24.3 Å². The maximum atomic E-state index is 12.7. The summed E-state index contributed by atoms with van der Waals surface area (Å²) in [5.41, 5.74) is 6.23. The lowest BCUT2D eigenvalue weighted by molar-refractivity contribution is 0.0314. The molecular formula is C13H17N3O3S. The zero-order valence-corrected chi connectivity index (χ0v) is 12.1. The molecule has 1 aromatic carbocycles. The quantitative estimate of drug-likeness (QED) is 0.837. The van der Waals surface area contributed by atoms with Crippen LogP contribution in [0.4, 0.5) is 5.69 Å². The summed E-state index contributed by atoms with van der Waals surface area (Å²) in [6.45, 7) is 3.02. The topological polar surface area (TPSA) is 96.4 Å². The van der Waals surface area contributed by atoms with E-state index in [-0.39, 0.29) is 16.6 Å². The van der Waals surface area contributed by atoms with Crippen LogP contribution < -0.4 is 5.73 Å². The number of ether oxygens (including phenoxy) is 1. The normalized spacial score (nSPS) is 20.5. The first-order chi connectivity index (χ1) is 9.50. The molecule has 1 atom stereocenters. The highest BCUT2D eigenvalue weighted by molar-refractivity contribution is 7.89. The molecule has 20 heavy (non-hydrogen) atoms. The van der Waals surface area contributed by atoms with E-state index in [1.54, 1.807) is 0 Å². The molecule has 1 saturated heterocycles. The van der Waals surface area contributed by atoms with Crippen LogP contribution in [0.15, 0.2) is 23.1 Å². The zero-order valence-electron chi connectivity index (χ0n) is 11.2. The van der Waals surface area contributed by atoms with Gasteiger partial charge in [0.25, 0.3) is 0 Å². The number of nitrogens with zero attached hydrogens (tertiary/aromatic N) is 2. The number of benzene rings is 1. The molecule has 1 unspecified atom stereocenters. The number of sulfonamides is 1. The maximum absolute atomic E-state index is 12.7. The van der Waals surface area contributed by atoms with Crippen molar-refractivity contribution in [1.29, 1.82) is 5.26 Å². The molecule has 1 fully saturated rings. The highest BCUT2D eigenvalue weighted by Gasteiger charge is 2.34. The van der Waals surface area contributed by atoms with Crippen LogP contribution in [0.25, 0.3) is 0 Å². The summed E-state index contributed by atoms with van der Waals surface area (Å²) >= 11 is 0. The number of hydrogen-bond acceptors (Lipinski definition) is 5. The van der Waals surface area contributed by atoms with E-state index in [9.17, 15) is 8.42 Å². The molecule has 0 saturated carbocycles. The summed E-state index contributed by atoms with van der Waals surface area (Å²) in [5.74, 6) is 0. The van der Waals surface area contributed by atoms with Gasteiger partial charge in [-0.05, 0) is 24.6 Å². The van der Waals surface area contributed by atoms with Crippen LogP contribution >= 0.6 is 0 Å². The average molecular weight is 295 g/mol. The fourth-order valence-electron chi connectivity index (χ4n) is 2.26. The summed E-state index contributed by atoms with van der Waals surface area (Å²) in [5, 5.41) is 8.80. The molecule has 0 spiro atoms. The van der Waals surface area contributed by atoms with Crippen LogP contribution in [0.3, 0.4) is 0 Å². The smallest absolute Gasteiger partial charge is 0.245 e. The second-order valence-electron chi connectivity index (χ2n) is 4.62. The molecule has 1 aliphatic heterocycles. The second kappa shape index (κ2) is 5.79. The fraction of sp³-hybridized carbons (Fsp3) is 0.462. The van der Waals surface area contributed by atoms with E-state index >= 15 is 0 Å². The van der Waals surface area contributed by atoms with Gasteiger partial charge in [0.15, 0.2) is 0 Å². The van der Waals surface area contributed by atoms with E-state index in [1.807, 2.05) is 13.0 Å². The van der Waals surface area contributed by atoms with Gasteiger partial charge >= 0.3 is 0 Å². The third-order valence-electron chi connectivity index (χ3n) is 3.37. The number of anilines is 1. The molecule has 1 aliphatic rings. The minimum Gasteiger partial charge on any atom is -0.398 e. The Morgan fingerprint density at radius 3 is 2.90 bits per heavy atom. The van der Waals surface area contributed by atoms with Crippen molar-refractivity contribution in [2.24, 2.45) is 0 Å². The molecule has 0 amide bonds. The van der Waals surface area contributed by atoms with Crippen LogP contribution in [0.5, 0.6) is 0 Å². The van der Waals surface area contributed by atoms with Crippen LogP contribution in [-0.2, 0) is 14.8 Å². The zero-order chi connectivity index (χ0) is 14.8. The van der Waals surface area contributed by atoms with Gasteiger partial charge in [0.2, 0.25) is 10.0 Å². The Balaban J connectivity index is 2.42. The highest BCUT2D eigenvalue weighted by Crippen LogP contribution is 2.26. The Kier molecular flexibility index (Phi) is 4.28. The number of nitrogens with two attached hydrogens (primary N) is 1. The molecule has 1 aromatic rings. The first-order valence-corrected chi connectivity index (χ1v) is 7.84. The highest BCUT2D eigenvalue weighted by atomic mass is 32.2. The van der Waals surface area contributed by atoms with Crippen LogP contribution in [-0.4, -0.2) is 38.5 Å². The monoisotopic (exact) mass is 295 g/mol. The molecule has 0 bridgehead atoms. The van der Waals surface area contributed by atoms with E-state index in [2.05, 4.69) is 0 Å². The number of hydrogen-bond donors (Lipinski definition) is 1. The third kappa shape index (κ3) is 2.63. The predicted octanol–water partition coefficient (Wildman–Crippen LogP) is 0.940. The first kappa shape index (κ1) is 14.8. The number of nitriles is 1. The van der Waals surface area contributed by atoms with Gasteiger partial charge < -0.3 is 10.5 Å². The fourth-order valence-corrected chi connectivity index (χ4v) is 4.02. The van der Waals surface area contributed by atoms with Crippen molar-refractivity contribution in [3.05, 3.63) is 23.8 Å². The molecule has 0 aromatic heterocycles. The molecule has 2 N–H and O–H groups in total. The van der Waals surface area contributed by atoms with E-state index in [1.165, 1.54) is 22.5 Å². The molecule has 108 valence electrons.